The van der Waals surface area contributed by atoms with E-state index in [0.29, 0.717) is 22.5 Å². The number of rotatable bonds is 8. The Kier molecular flexibility index (Phi) is 8.56. The number of hydrogen-bond donors (Lipinski definition) is 2. The molecule has 5 aromatic rings. The van der Waals surface area contributed by atoms with Crippen LogP contribution < -0.4 is 10.6 Å². The summed E-state index contributed by atoms with van der Waals surface area (Å²) in [6.45, 7) is 0. The van der Waals surface area contributed by atoms with Gasteiger partial charge in [-0.1, -0.05) is 97.1 Å². The van der Waals surface area contributed by atoms with Crippen LogP contribution in [-0.4, -0.2) is 28.5 Å². The Balaban J connectivity index is 1.44. The van der Waals surface area contributed by atoms with E-state index in [-0.39, 0.29) is 21.5 Å². The summed E-state index contributed by atoms with van der Waals surface area (Å²) in [5.41, 5.74) is 2.32. The minimum absolute atomic E-state index is 0.0814. The van der Waals surface area contributed by atoms with E-state index in [4.69, 9.17) is 0 Å². The van der Waals surface area contributed by atoms with Crippen LogP contribution in [0.15, 0.2) is 164 Å². The fourth-order valence-corrected chi connectivity index (χ4v) is 5.92. The first-order chi connectivity index (χ1) is 20.3. The minimum Gasteiger partial charge on any atom is -0.339 e. The molecule has 0 heterocycles. The molecule has 0 fully saturated rings. The van der Waals surface area contributed by atoms with Crippen LogP contribution in [0.5, 0.6) is 0 Å². The molecule has 0 radical (unpaired) electrons. The van der Waals surface area contributed by atoms with Crippen molar-refractivity contribution in [1.82, 2.24) is 0 Å². The number of hydrogen-bond acceptors (Lipinski definition) is 4. The molecule has 0 saturated heterocycles. The lowest BCUT2D eigenvalue weighted by molar-refractivity contribution is 0.596. The van der Waals surface area contributed by atoms with Crippen LogP contribution in [0.3, 0.4) is 0 Å². The van der Waals surface area contributed by atoms with Crippen molar-refractivity contribution in [3.05, 3.63) is 157 Å². The van der Waals surface area contributed by atoms with Gasteiger partial charge in [-0.05, 0) is 48.5 Å². The Morgan fingerprint density at radius 2 is 0.690 bits per heavy atom. The first-order valence-corrected chi connectivity index (χ1v) is 15.7. The molecule has 0 aliphatic heterocycles. The van der Waals surface area contributed by atoms with Crippen molar-refractivity contribution in [3.63, 3.8) is 0 Å². The molecule has 10 heteroatoms. The molecule has 0 unspecified atom stereocenters. The van der Waals surface area contributed by atoms with Crippen molar-refractivity contribution in [3.8, 4) is 0 Å². The maximum atomic E-state index is 13.0. The molecule has 0 aliphatic carbocycles. The Morgan fingerprint density at radius 1 is 0.405 bits per heavy atom. The lowest BCUT2D eigenvalue weighted by atomic mass is 10.2. The summed E-state index contributed by atoms with van der Waals surface area (Å²) in [7, 11) is -7.96. The molecule has 0 aliphatic rings. The Labute approximate surface area is 245 Å². The topological polar surface area (TPSA) is 117 Å². The minimum atomic E-state index is -3.98. The van der Waals surface area contributed by atoms with E-state index >= 15 is 0 Å². The van der Waals surface area contributed by atoms with Crippen LogP contribution in [0.1, 0.15) is 11.1 Å². The predicted molar refractivity (Wildman–Crippen MR) is 167 cm³/mol. The highest BCUT2D eigenvalue weighted by molar-refractivity contribution is 7.90. The number of amidine groups is 2. The molecule has 0 amide bonds. The predicted octanol–water partition coefficient (Wildman–Crippen LogP) is 6.18. The zero-order valence-electron chi connectivity index (χ0n) is 22.2. The highest BCUT2D eigenvalue weighted by atomic mass is 32.2. The van der Waals surface area contributed by atoms with Crippen molar-refractivity contribution in [2.75, 3.05) is 10.6 Å². The second-order valence-corrected chi connectivity index (χ2v) is 12.2. The molecule has 5 rings (SSSR count). The smallest absolute Gasteiger partial charge is 0.284 e. The van der Waals surface area contributed by atoms with Crippen molar-refractivity contribution in [2.45, 2.75) is 9.79 Å². The van der Waals surface area contributed by atoms with Gasteiger partial charge in [0.15, 0.2) is 11.7 Å². The number of anilines is 2. The van der Waals surface area contributed by atoms with Gasteiger partial charge in [0, 0.05) is 22.5 Å². The van der Waals surface area contributed by atoms with Crippen molar-refractivity contribution in [2.24, 2.45) is 8.80 Å². The molecule has 8 nitrogen and oxygen atoms in total. The summed E-state index contributed by atoms with van der Waals surface area (Å²) in [6.07, 6.45) is 0. The molecule has 210 valence electrons. The molecular formula is C32H26N4O4S2. The maximum absolute atomic E-state index is 13.0. The van der Waals surface area contributed by atoms with E-state index in [0.717, 1.165) is 0 Å². The fraction of sp³-hybridized carbons (Fsp3) is 0. The molecule has 0 spiro atoms. The normalized spacial score (nSPS) is 12.5. The monoisotopic (exact) mass is 594 g/mol. The van der Waals surface area contributed by atoms with E-state index < -0.39 is 20.0 Å². The van der Waals surface area contributed by atoms with Crippen LogP contribution >= 0.6 is 0 Å². The van der Waals surface area contributed by atoms with Gasteiger partial charge in [-0.3, -0.25) is 0 Å². The molecule has 42 heavy (non-hydrogen) atoms. The van der Waals surface area contributed by atoms with E-state index in [1.165, 1.54) is 24.3 Å². The van der Waals surface area contributed by atoms with E-state index in [2.05, 4.69) is 19.4 Å². The quantitative estimate of drug-likeness (QED) is 0.164. The van der Waals surface area contributed by atoms with Crippen LogP contribution in [0.25, 0.3) is 0 Å². The van der Waals surface area contributed by atoms with Gasteiger partial charge in [0.25, 0.3) is 20.0 Å². The molecule has 0 atom stereocenters. The summed E-state index contributed by atoms with van der Waals surface area (Å²) in [4.78, 5) is 0.163. The molecule has 2 N–H and O–H groups in total. The van der Waals surface area contributed by atoms with Crippen LogP contribution in [-0.2, 0) is 20.0 Å². The second-order valence-electron chi connectivity index (χ2n) is 9.02. The summed E-state index contributed by atoms with van der Waals surface area (Å²) < 4.78 is 60.3. The zero-order chi connectivity index (χ0) is 29.4. The zero-order valence-corrected chi connectivity index (χ0v) is 23.8. The standard InChI is InChI=1S/C32H26N4O4S2/c37-41(38,29-17-9-3-10-18-29)35-31(25-13-5-1-6-14-25)33-27-21-23-28(24-22-27)34-32(26-15-7-2-8-16-26)36-42(39,40)30-19-11-4-12-20-30/h1-24H,(H,33,35)(H,34,36). The average molecular weight is 595 g/mol. The van der Waals surface area contributed by atoms with Gasteiger partial charge in [-0.2, -0.15) is 16.8 Å². The largest absolute Gasteiger partial charge is 0.339 e. The molecule has 5 aromatic carbocycles. The van der Waals surface area contributed by atoms with Crippen molar-refractivity contribution < 1.29 is 16.8 Å². The SMILES string of the molecule is O=S(=O)(N=C(Nc1ccc(NC(=NS(=O)(=O)c2ccccc2)c2ccccc2)cc1)c1ccccc1)c1ccccc1. The van der Waals surface area contributed by atoms with Gasteiger partial charge in [0.1, 0.15) is 0 Å². The third-order valence-corrected chi connectivity index (χ3v) is 8.59. The fourth-order valence-electron chi connectivity index (χ4n) is 3.93. The number of benzene rings is 5. The third-order valence-electron chi connectivity index (χ3n) is 6.01. The van der Waals surface area contributed by atoms with Gasteiger partial charge in [-0.15, -0.1) is 8.80 Å². The van der Waals surface area contributed by atoms with E-state index in [1.807, 2.05) is 12.1 Å². The summed E-state index contributed by atoms with van der Waals surface area (Å²) in [6, 6.07) is 40.8. The van der Waals surface area contributed by atoms with Crippen molar-refractivity contribution in [1.29, 1.82) is 0 Å². The summed E-state index contributed by atoms with van der Waals surface area (Å²) >= 11 is 0. The van der Waals surface area contributed by atoms with E-state index in [9.17, 15) is 16.8 Å². The van der Waals surface area contributed by atoms with Gasteiger partial charge >= 0.3 is 0 Å². The van der Waals surface area contributed by atoms with Crippen LogP contribution in [0.2, 0.25) is 0 Å². The Morgan fingerprint density at radius 3 is 1.00 bits per heavy atom. The summed E-state index contributed by atoms with van der Waals surface area (Å²) in [5, 5.41) is 6.22. The molecule has 0 aromatic heterocycles. The number of sulfonamides is 2. The first kappa shape index (κ1) is 28.5. The number of nitrogens with one attached hydrogen (secondary N) is 2. The van der Waals surface area contributed by atoms with Crippen molar-refractivity contribution >= 4 is 43.1 Å². The number of nitrogens with zero attached hydrogens (tertiary/aromatic N) is 2. The van der Waals surface area contributed by atoms with Gasteiger partial charge in [-0.25, -0.2) is 0 Å². The lowest BCUT2D eigenvalue weighted by Gasteiger charge is -2.13. The van der Waals surface area contributed by atoms with Crippen LogP contribution in [0.4, 0.5) is 11.4 Å². The van der Waals surface area contributed by atoms with Gasteiger partial charge in [0.2, 0.25) is 0 Å². The summed E-state index contributed by atoms with van der Waals surface area (Å²) in [5.74, 6) is 0.307. The first-order valence-electron chi connectivity index (χ1n) is 12.9. The average Bonchev–Trinajstić information content (AvgIpc) is 3.03. The van der Waals surface area contributed by atoms with Gasteiger partial charge in [0.05, 0.1) is 9.79 Å². The lowest BCUT2D eigenvalue weighted by Crippen LogP contribution is -2.17. The highest BCUT2D eigenvalue weighted by Gasteiger charge is 2.17. The highest BCUT2D eigenvalue weighted by Crippen LogP contribution is 2.20. The molecular weight excluding hydrogens is 569 g/mol. The van der Waals surface area contributed by atoms with Crippen LogP contribution in [0, 0.1) is 0 Å². The molecule has 0 saturated carbocycles. The Hall–Kier alpha value is -5.06. The maximum Gasteiger partial charge on any atom is 0.284 e. The van der Waals surface area contributed by atoms with Gasteiger partial charge < -0.3 is 10.6 Å². The third kappa shape index (κ3) is 7.17. The second kappa shape index (κ2) is 12.6. The Bertz CT molecular complexity index is 1770. The molecule has 0 bridgehead atoms. The van der Waals surface area contributed by atoms with E-state index in [1.54, 1.807) is 109 Å².